The van der Waals surface area contributed by atoms with Crippen molar-refractivity contribution in [3.63, 3.8) is 0 Å². The fraction of sp³-hybridized carbons (Fsp3) is 0.700. The summed E-state index contributed by atoms with van der Waals surface area (Å²) in [5.74, 6) is 1.02. The van der Waals surface area contributed by atoms with Crippen molar-refractivity contribution in [2.24, 2.45) is 5.92 Å². The van der Waals surface area contributed by atoms with Crippen LogP contribution in [0.3, 0.4) is 0 Å². The summed E-state index contributed by atoms with van der Waals surface area (Å²) in [6, 6.07) is 0.543. The van der Waals surface area contributed by atoms with Gasteiger partial charge < -0.3 is 9.64 Å². The number of ether oxygens (including phenoxy) is 1. The van der Waals surface area contributed by atoms with Gasteiger partial charge in [-0.15, -0.1) is 0 Å². The SMILES string of the molecule is COc1nc(Cl)nc(N(C)C(C)C(C)C)n1. The molecule has 0 aliphatic heterocycles. The van der Waals surface area contributed by atoms with E-state index in [1.54, 1.807) is 0 Å². The Morgan fingerprint density at radius 3 is 2.31 bits per heavy atom. The second kappa shape index (κ2) is 5.30. The van der Waals surface area contributed by atoms with Gasteiger partial charge in [-0.2, -0.15) is 15.0 Å². The van der Waals surface area contributed by atoms with Crippen molar-refractivity contribution >= 4 is 17.5 Å². The van der Waals surface area contributed by atoms with Gasteiger partial charge in [-0.3, -0.25) is 0 Å². The molecule has 6 heteroatoms. The molecule has 0 bridgehead atoms. The molecule has 0 N–H and O–H groups in total. The fourth-order valence-corrected chi connectivity index (χ4v) is 1.35. The zero-order valence-corrected chi connectivity index (χ0v) is 11.0. The van der Waals surface area contributed by atoms with Crippen LogP contribution in [-0.2, 0) is 0 Å². The van der Waals surface area contributed by atoms with Crippen molar-refractivity contribution in [3.05, 3.63) is 5.28 Å². The van der Waals surface area contributed by atoms with Gasteiger partial charge in [0, 0.05) is 13.1 Å². The first-order chi connectivity index (χ1) is 7.45. The Kier molecular flexibility index (Phi) is 4.29. The molecule has 1 rings (SSSR count). The molecule has 0 radical (unpaired) electrons. The van der Waals surface area contributed by atoms with Gasteiger partial charge in [-0.05, 0) is 24.4 Å². The summed E-state index contributed by atoms with van der Waals surface area (Å²) in [6.45, 7) is 6.39. The molecular formula is C10H17ClN4O. The molecule has 90 valence electrons. The molecule has 5 nitrogen and oxygen atoms in total. The minimum absolute atomic E-state index is 0.143. The van der Waals surface area contributed by atoms with Crippen molar-refractivity contribution in [3.8, 4) is 6.01 Å². The van der Waals surface area contributed by atoms with Crippen LogP contribution in [0, 0.1) is 5.92 Å². The van der Waals surface area contributed by atoms with E-state index in [2.05, 4.69) is 35.7 Å². The van der Waals surface area contributed by atoms with E-state index in [4.69, 9.17) is 16.3 Å². The highest BCUT2D eigenvalue weighted by atomic mass is 35.5. The van der Waals surface area contributed by atoms with Crippen LogP contribution >= 0.6 is 11.6 Å². The Hall–Kier alpha value is -1.10. The van der Waals surface area contributed by atoms with Gasteiger partial charge in [0.1, 0.15) is 0 Å². The summed E-state index contributed by atoms with van der Waals surface area (Å²) in [4.78, 5) is 14.0. The third kappa shape index (κ3) is 2.95. The first kappa shape index (κ1) is 13.0. The highest BCUT2D eigenvalue weighted by Gasteiger charge is 2.17. The predicted octanol–water partition coefficient (Wildman–Crippen LogP) is 2.01. The second-order valence-corrected chi connectivity index (χ2v) is 4.32. The molecule has 0 saturated carbocycles. The summed E-state index contributed by atoms with van der Waals surface area (Å²) in [5.41, 5.74) is 0. The van der Waals surface area contributed by atoms with Crippen LogP contribution in [-0.4, -0.2) is 35.2 Å². The molecular weight excluding hydrogens is 228 g/mol. The highest BCUT2D eigenvalue weighted by molar-refractivity contribution is 6.28. The number of hydrogen-bond donors (Lipinski definition) is 0. The standard InChI is InChI=1S/C10H17ClN4O/c1-6(2)7(3)15(4)9-12-8(11)13-10(14-9)16-5/h6-7H,1-5H3. The molecule has 1 aromatic rings. The monoisotopic (exact) mass is 244 g/mol. The molecule has 0 spiro atoms. The van der Waals surface area contributed by atoms with Crippen LogP contribution in [0.1, 0.15) is 20.8 Å². The molecule has 0 amide bonds. The first-order valence-corrected chi connectivity index (χ1v) is 5.52. The third-order valence-electron chi connectivity index (χ3n) is 2.65. The third-order valence-corrected chi connectivity index (χ3v) is 2.82. The summed E-state index contributed by atoms with van der Waals surface area (Å²) < 4.78 is 4.95. The van der Waals surface area contributed by atoms with Gasteiger partial charge in [0.05, 0.1) is 7.11 Å². The van der Waals surface area contributed by atoms with E-state index in [9.17, 15) is 0 Å². The summed E-state index contributed by atoms with van der Waals surface area (Å²) in [5, 5.41) is 0.143. The lowest BCUT2D eigenvalue weighted by Crippen LogP contribution is -2.34. The van der Waals surface area contributed by atoms with Crippen molar-refractivity contribution < 1.29 is 4.74 Å². The Bertz CT molecular complexity index is 359. The minimum Gasteiger partial charge on any atom is -0.467 e. The molecule has 1 aromatic heterocycles. The maximum atomic E-state index is 5.79. The van der Waals surface area contributed by atoms with Crippen molar-refractivity contribution in [1.82, 2.24) is 15.0 Å². The van der Waals surface area contributed by atoms with E-state index in [0.29, 0.717) is 17.9 Å². The Morgan fingerprint density at radius 2 is 1.81 bits per heavy atom. The van der Waals surface area contributed by atoms with Crippen LogP contribution < -0.4 is 9.64 Å². The molecule has 0 fully saturated rings. The van der Waals surface area contributed by atoms with Crippen molar-refractivity contribution in [2.45, 2.75) is 26.8 Å². The van der Waals surface area contributed by atoms with Crippen LogP contribution in [0.4, 0.5) is 5.95 Å². The van der Waals surface area contributed by atoms with Gasteiger partial charge in [0.15, 0.2) is 0 Å². The maximum absolute atomic E-state index is 5.79. The number of rotatable bonds is 4. The molecule has 0 aliphatic rings. The van der Waals surface area contributed by atoms with Crippen molar-refractivity contribution in [1.29, 1.82) is 0 Å². The van der Waals surface area contributed by atoms with Crippen LogP contribution in [0.2, 0.25) is 5.28 Å². The number of nitrogens with zero attached hydrogens (tertiary/aromatic N) is 4. The predicted molar refractivity (Wildman–Crippen MR) is 64.1 cm³/mol. The topological polar surface area (TPSA) is 51.1 Å². The zero-order valence-electron chi connectivity index (χ0n) is 10.2. The second-order valence-electron chi connectivity index (χ2n) is 3.99. The highest BCUT2D eigenvalue weighted by Crippen LogP contribution is 2.18. The van der Waals surface area contributed by atoms with Gasteiger partial charge in [0.25, 0.3) is 0 Å². The van der Waals surface area contributed by atoms with Crippen LogP contribution in [0.5, 0.6) is 6.01 Å². The Labute approximate surface area is 101 Å². The van der Waals surface area contributed by atoms with Gasteiger partial charge in [-0.25, -0.2) is 0 Å². The van der Waals surface area contributed by atoms with E-state index in [-0.39, 0.29) is 11.3 Å². The number of hydrogen-bond acceptors (Lipinski definition) is 5. The van der Waals surface area contributed by atoms with Gasteiger partial charge >= 0.3 is 6.01 Å². The molecule has 0 aliphatic carbocycles. The van der Waals surface area contributed by atoms with Crippen molar-refractivity contribution in [2.75, 3.05) is 19.1 Å². The summed E-state index contributed by atoms with van der Waals surface area (Å²) >= 11 is 5.79. The van der Waals surface area contributed by atoms with E-state index in [0.717, 1.165) is 0 Å². The molecule has 1 unspecified atom stereocenters. The minimum atomic E-state index is 0.143. The molecule has 0 saturated heterocycles. The van der Waals surface area contributed by atoms with E-state index >= 15 is 0 Å². The number of aromatic nitrogens is 3. The molecule has 1 atom stereocenters. The number of methoxy groups -OCH3 is 1. The normalized spacial score (nSPS) is 12.7. The Morgan fingerprint density at radius 1 is 1.19 bits per heavy atom. The maximum Gasteiger partial charge on any atom is 0.322 e. The van der Waals surface area contributed by atoms with Gasteiger partial charge in [0.2, 0.25) is 11.2 Å². The average molecular weight is 245 g/mol. The van der Waals surface area contributed by atoms with E-state index < -0.39 is 0 Å². The van der Waals surface area contributed by atoms with E-state index in [1.807, 2.05) is 11.9 Å². The van der Waals surface area contributed by atoms with E-state index in [1.165, 1.54) is 7.11 Å². The first-order valence-electron chi connectivity index (χ1n) is 5.14. The smallest absolute Gasteiger partial charge is 0.322 e. The molecule has 0 aromatic carbocycles. The lowest BCUT2D eigenvalue weighted by Gasteiger charge is -2.27. The van der Waals surface area contributed by atoms with Gasteiger partial charge in [-0.1, -0.05) is 13.8 Å². The quantitative estimate of drug-likeness (QED) is 0.811. The zero-order chi connectivity index (χ0) is 12.3. The number of halogens is 1. The average Bonchev–Trinajstić information content (AvgIpc) is 2.25. The lowest BCUT2D eigenvalue weighted by atomic mass is 10.1. The van der Waals surface area contributed by atoms with Crippen LogP contribution in [0.25, 0.3) is 0 Å². The Balaban J connectivity index is 2.98. The fourth-order valence-electron chi connectivity index (χ4n) is 1.20. The lowest BCUT2D eigenvalue weighted by molar-refractivity contribution is 0.377. The van der Waals surface area contributed by atoms with Crippen LogP contribution in [0.15, 0.2) is 0 Å². The molecule has 16 heavy (non-hydrogen) atoms. The largest absolute Gasteiger partial charge is 0.467 e. The summed E-state index contributed by atoms with van der Waals surface area (Å²) in [6.07, 6.45) is 0. The molecule has 1 heterocycles. The number of anilines is 1. The summed E-state index contributed by atoms with van der Waals surface area (Å²) in [7, 11) is 3.43.